The quantitative estimate of drug-likeness (QED) is 0.206. The smallest absolute Gasteiger partial charge is 0.264 e. The number of nitrogens with zero attached hydrogens (tertiary/aromatic N) is 2. The van der Waals surface area contributed by atoms with Crippen LogP contribution in [0.25, 0.3) is 0 Å². The zero-order chi connectivity index (χ0) is 31.7. The lowest BCUT2D eigenvalue weighted by Gasteiger charge is -2.34. The number of aryl methyl sites for hydroxylation is 1. The first-order chi connectivity index (χ1) is 21.1. The van der Waals surface area contributed by atoms with Gasteiger partial charge in [-0.2, -0.15) is 0 Å². The van der Waals surface area contributed by atoms with Crippen molar-refractivity contribution >= 4 is 39.1 Å². The summed E-state index contributed by atoms with van der Waals surface area (Å²) in [6, 6.07) is 28.5. The third-order valence-electron chi connectivity index (χ3n) is 7.08. The molecule has 8 nitrogen and oxygen atoms in total. The van der Waals surface area contributed by atoms with Gasteiger partial charge in [0, 0.05) is 24.5 Å². The van der Waals surface area contributed by atoms with Gasteiger partial charge < -0.3 is 15.0 Å². The van der Waals surface area contributed by atoms with Crippen LogP contribution in [-0.2, 0) is 32.6 Å². The molecule has 2 amide bonds. The molecular formula is C34H36ClN3O5S. The minimum Gasteiger partial charge on any atom is -0.495 e. The second-order valence-corrected chi connectivity index (χ2v) is 12.6. The zero-order valence-electron chi connectivity index (χ0n) is 24.9. The van der Waals surface area contributed by atoms with Crippen LogP contribution in [0, 0.1) is 6.92 Å². The van der Waals surface area contributed by atoms with Gasteiger partial charge in [0.05, 0.1) is 17.7 Å². The molecular weight excluding hydrogens is 598 g/mol. The molecule has 0 saturated carbocycles. The molecule has 4 rings (SSSR count). The van der Waals surface area contributed by atoms with Crippen LogP contribution in [0.5, 0.6) is 5.75 Å². The van der Waals surface area contributed by atoms with Crippen LogP contribution in [0.4, 0.5) is 5.69 Å². The van der Waals surface area contributed by atoms with Crippen molar-refractivity contribution in [1.82, 2.24) is 10.2 Å². The van der Waals surface area contributed by atoms with Crippen LogP contribution in [0.3, 0.4) is 0 Å². The summed E-state index contributed by atoms with van der Waals surface area (Å²) >= 11 is 6.29. The highest BCUT2D eigenvalue weighted by Gasteiger charge is 2.35. The van der Waals surface area contributed by atoms with Crippen molar-refractivity contribution in [3.8, 4) is 5.75 Å². The van der Waals surface area contributed by atoms with E-state index < -0.39 is 28.5 Å². The van der Waals surface area contributed by atoms with Crippen LogP contribution < -0.4 is 14.4 Å². The molecule has 10 heteroatoms. The Kier molecular flexibility index (Phi) is 11.0. The molecule has 230 valence electrons. The predicted octanol–water partition coefficient (Wildman–Crippen LogP) is 5.63. The van der Waals surface area contributed by atoms with Crippen LogP contribution in [0.2, 0.25) is 5.02 Å². The lowest BCUT2D eigenvalue weighted by molar-refractivity contribution is -0.140. The lowest BCUT2D eigenvalue weighted by atomic mass is 10.0. The standard InChI is InChI=1S/C34H36ClN3O5S/c1-4-36-34(40)31(22-26-12-7-5-8-13-26)37(23-27-14-11-15-28(35)21-27)33(39)24-38(30-20-25(2)18-19-32(30)43-3)44(41,42)29-16-9-6-10-17-29/h5-21,31H,4,22-24H2,1-3H3,(H,36,40). The fourth-order valence-electron chi connectivity index (χ4n) is 4.91. The van der Waals surface area contributed by atoms with Crippen LogP contribution in [-0.4, -0.2) is 51.4 Å². The average Bonchev–Trinajstić information content (AvgIpc) is 3.02. The molecule has 0 radical (unpaired) electrons. The number of ether oxygens (including phenoxy) is 1. The Labute approximate surface area is 264 Å². The Balaban J connectivity index is 1.84. The zero-order valence-corrected chi connectivity index (χ0v) is 26.5. The number of amides is 2. The van der Waals surface area contributed by atoms with E-state index in [4.69, 9.17) is 16.3 Å². The molecule has 0 aliphatic rings. The van der Waals surface area contributed by atoms with Gasteiger partial charge in [-0.25, -0.2) is 8.42 Å². The summed E-state index contributed by atoms with van der Waals surface area (Å²) in [4.78, 5) is 29.5. The normalized spacial score (nSPS) is 11.8. The maximum absolute atomic E-state index is 14.5. The topological polar surface area (TPSA) is 96.0 Å². The highest BCUT2D eigenvalue weighted by Crippen LogP contribution is 2.34. The van der Waals surface area contributed by atoms with E-state index in [1.54, 1.807) is 61.5 Å². The van der Waals surface area contributed by atoms with Gasteiger partial charge in [0.15, 0.2) is 0 Å². The minimum atomic E-state index is -4.24. The molecule has 0 fully saturated rings. The number of hydrogen-bond donors (Lipinski definition) is 1. The number of hydrogen-bond acceptors (Lipinski definition) is 5. The predicted molar refractivity (Wildman–Crippen MR) is 173 cm³/mol. The summed E-state index contributed by atoms with van der Waals surface area (Å²) in [5, 5.41) is 3.33. The van der Waals surface area contributed by atoms with Crippen molar-refractivity contribution in [2.45, 2.75) is 37.8 Å². The maximum Gasteiger partial charge on any atom is 0.264 e. The molecule has 0 aliphatic carbocycles. The first kappa shape index (κ1) is 32.6. The second kappa shape index (κ2) is 14.9. The summed E-state index contributed by atoms with van der Waals surface area (Å²) in [7, 11) is -2.80. The van der Waals surface area contributed by atoms with Gasteiger partial charge in [-0.05, 0) is 66.9 Å². The van der Waals surface area contributed by atoms with Gasteiger partial charge in [0.2, 0.25) is 11.8 Å². The van der Waals surface area contributed by atoms with Crippen LogP contribution >= 0.6 is 11.6 Å². The van der Waals surface area contributed by atoms with E-state index in [2.05, 4.69) is 5.32 Å². The number of anilines is 1. The maximum atomic E-state index is 14.5. The van der Waals surface area contributed by atoms with Crippen molar-refractivity contribution in [1.29, 1.82) is 0 Å². The summed E-state index contributed by atoms with van der Waals surface area (Å²) in [6.07, 6.45) is 0.220. The molecule has 0 aliphatic heterocycles. The fourth-order valence-corrected chi connectivity index (χ4v) is 6.56. The van der Waals surface area contributed by atoms with E-state index in [1.807, 2.05) is 43.3 Å². The molecule has 0 spiro atoms. The van der Waals surface area contributed by atoms with Crippen molar-refractivity contribution < 1.29 is 22.7 Å². The van der Waals surface area contributed by atoms with E-state index in [9.17, 15) is 18.0 Å². The van der Waals surface area contributed by atoms with Crippen LogP contribution in [0.1, 0.15) is 23.6 Å². The molecule has 44 heavy (non-hydrogen) atoms. The van der Waals surface area contributed by atoms with Gasteiger partial charge in [-0.1, -0.05) is 78.3 Å². The van der Waals surface area contributed by atoms with E-state index >= 15 is 0 Å². The van der Waals surface area contributed by atoms with E-state index in [-0.39, 0.29) is 35.2 Å². The first-order valence-electron chi connectivity index (χ1n) is 14.2. The molecule has 0 heterocycles. The van der Waals surface area contributed by atoms with Crippen LogP contribution in [0.15, 0.2) is 108 Å². The third kappa shape index (κ3) is 7.98. The molecule has 1 atom stereocenters. The molecule has 0 bridgehead atoms. The van der Waals surface area contributed by atoms with Gasteiger partial charge >= 0.3 is 0 Å². The Bertz CT molecular complexity index is 1680. The summed E-state index contributed by atoms with van der Waals surface area (Å²) in [5.74, 6) is -0.633. The Morgan fingerprint density at radius 1 is 0.886 bits per heavy atom. The lowest BCUT2D eigenvalue weighted by Crippen LogP contribution is -2.53. The highest BCUT2D eigenvalue weighted by atomic mass is 35.5. The second-order valence-electron chi connectivity index (χ2n) is 10.3. The Morgan fingerprint density at radius 3 is 2.18 bits per heavy atom. The number of halogens is 1. The number of benzene rings is 4. The number of carbonyl (C=O) groups excluding carboxylic acids is 2. The summed E-state index contributed by atoms with van der Waals surface area (Å²) in [5.41, 5.74) is 2.53. The van der Waals surface area contributed by atoms with Crippen molar-refractivity contribution in [2.24, 2.45) is 0 Å². The first-order valence-corrected chi connectivity index (χ1v) is 16.0. The van der Waals surface area contributed by atoms with Gasteiger partial charge in [0.25, 0.3) is 10.0 Å². The fraction of sp³-hybridized carbons (Fsp3) is 0.235. The Morgan fingerprint density at radius 2 is 1.55 bits per heavy atom. The van der Waals surface area contributed by atoms with Crippen molar-refractivity contribution in [3.05, 3.63) is 125 Å². The summed E-state index contributed by atoms with van der Waals surface area (Å²) in [6.45, 7) is 3.44. The minimum absolute atomic E-state index is 0.0160. The van der Waals surface area contributed by atoms with E-state index in [0.29, 0.717) is 17.1 Å². The number of carbonyl (C=O) groups is 2. The Hall–Kier alpha value is -4.34. The van der Waals surface area contributed by atoms with Crippen molar-refractivity contribution in [3.63, 3.8) is 0 Å². The largest absolute Gasteiger partial charge is 0.495 e. The summed E-state index contributed by atoms with van der Waals surface area (Å²) < 4.78 is 35.0. The van der Waals surface area contributed by atoms with Gasteiger partial charge in [0.1, 0.15) is 18.3 Å². The number of sulfonamides is 1. The average molecular weight is 634 g/mol. The molecule has 4 aromatic rings. The van der Waals surface area contributed by atoms with E-state index in [1.165, 1.54) is 24.1 Å². The number of rotatable bonds is 13. The third-order valence-corrected chi connectivity index (χ3v) is 9.09. The van der Waals surface area contributed by atoms with Crippen molar-refractivity contribution in [2.75, 3.05) is 24.5 Å². The van der Waals surface area contributed by atoms with Gasteiger partial charge in [-0.3, -0.25) is 13.9 Å². The molecule has 0 saturated heterocycles. The number of methoxy groups -OCH3 is 1. The highest BCUT2D eigenvalue weighted by molar-refractivity contribution is 7.92. The van der Waals surface area contributed by atoms with E-state index in [0.717, 1.165) is 15.4 Å². The monoisotopic (exact) mass is 633 g/mol. The number of nitrogens with one attached hydrogen (secondary N) is 1. The molecule has 1 N–H and O–H groups in total. The molecule has 4 aromatic carbocycles. The molecule has 1 unspecified atom stereocenters. The van der Waals surface area contributed by atoms with Gasteiger partial charge in [-0.15, -0.1) is 0 Å². The number of likely N-dealkylation sites (N-methyl/N-ethyl adjacent to an activating group) is 1. The SMILES string of the molecule is CCNC(=O)C(Cc1ccccc1)N(Cc1cccc(Cl)c1)C(=O)CN(c1cc(C)ccc1OC)S(=O)(=O)c1ccccc1. The molecule has 0 aromatic heterocycles.